The van der Waals surface area contributed by atoms with Crippen LogP contribution in [0.1, 0.15) is 13.8 Å². The van der Waals surface area contributed by atoms with Crippen molar-refractivity contribution < 1.29 is 0 Å². The Hall–Kier alpha value is -0.530. The van der Waals surface area contributed by atoms with Crippen molar-refractivity contribution in [2.24, 2.45) is 10.2 Å². The topological polar surface area (TPSA) is 24.7 Å². The highest BCUT2D eigenvalue weighted by atomic mass is 32.2. The van der Waals surface area contributed by atoms with E-state index in [2.05, 4.69) is 16.1 Å². The van der Waals surface area contributed by atoms with Crippen molar-refractivity contribution in [3.63, 3.8) is 0 Å². The van der Waals surface area contributed by atoms with Crippen LogP contribution >= 0.6 is 11.8 Å². The molecular formula is C6H10N2S. The summed E-state index contributed by atoms with van der Waals surface area (Å²) < 4.78 is 0. The molecule has 9 heavy (non-hydrogen) atoms. The van der Waals surface area contributed by atoms with Crippen LogP contribution in [0.2, 0.25) is 0 Å². The predicted molar refractivity (Wildman–Crippen MR) is 44.3 cm³/mol. The fourth-order valence-corrected chi connectivity index (χ4v) is 0.341. The second kappa shape index (κ2) is 5.60. The number of hydrogen-bond donors (Lipinski definition) is 0. The maximum Gasteiger partial charge on any atom is 0.0830 e. The van der Waals surface area contributed by atoms with Gasteiger partial charge in [-0.3, -0.25) is 0 Å². The van der Waals surface area contributed by atoms with Crippen LogP contribution in [0.3, 0.4) is 0 Å². The molecule has 0 spiro atoms. The Kier molecular flexibility index (Phi) is 5.27. The van der Waals surface area contributed by atoms with Gasteiger partial charge in [0.05, 0.1) is 5.55 Å². The Balaban J connectivity index is 3.73. The maximum atomic E-state index is 3.66. The van der Waals surface area contributed by atoms with Crippen molar-refractivity contribution in [1.82, 2.24) is 0 Å². The zero-order valence-electron chi connectivity index (χ0n) is 5.88. The predicted octanol–water partition coefficient (Wildman–Crippen LogP) is 1.93. The quantitative estimate of drug-likeness (QED) is 0.328. The molecule has 50 valence electrons. The van der Waals surface area contributed by atoms with E-state index in [1.165, 1.54) is 11.8 Å². The van der Waals surface area contributed by atoms with E-state index >= 15 is 0 Å². The van der Waals surface area contributed by atoms with E-state index in [4.69, 9.17) is 0 Å². The summed E-state index contributed by atoms with van der Waals surface area (Å²) in [7, 11) is 0. The van der Waals surface area contributed by atoms with Crippen LogP contribution in [0.5, 0.6) is 0 Å². The van der Waals surface area contributed by atoms with E-state index in [1.807, 2.05) is 20.1 Å². The lowest BCUT2D eigenvalue weighted by Gasteiger charge is -1.73. The summed E-state index contributed by atoms with van der Waals surface area (Å²) in [5.74, 6) is 2.71. The van der Waals surface area contributed by atoms with Crippen LogP contribution in [0.15, 0.2) is 15.8 Å². The minimum Gasteiger partial charge on any atom is -0.143 e. The second-order valence-electron chi connectivity index (χ2n) is 1.67. The lowest BCUT2D eigenvalue weighted by Crippen LogP contribution is -1.62. The summed E-state index contributed by atoms with van der Waals surface area (Å²) in [6, 6.07) is 0. The Morgan fingerprint density at radius 3 is 2.67 bits per heavy atom. The maximum absolute atomic E-state index is 3.66. The van der Waals surface area contributed by atoms with Crippen LogP contribution < -0.4 is 0 Å². The lowest BCUT2D eigenvalue weighted by atomic mass is 10.4. The van der Waals surface area contributed by atoms with E-state index in [9.17, 15) is 0 Å². The smallest absolute Gasteiger partial charge is 0.0830 e. The molecule has 3 heteroatoms. The van der Waals surface area contributed by atoms with Gasteiger partial charge in [0.1, 0.15) is 0 Å². The first-order valence-corrected chi connectivity index (χ1v) is 3.86. The first kappa shape index (κ1) is 8.47. The van der Waals surface area contributed by atoms with Gasteiger partial charge in [0, 0.05) is 5.87 Å². The molecule has 0 atom stereocenters. The fourth-order valence-electron chi connectivity index (χ4n) is 0.200. The third-order valence-corrected chi connectivity index (χ3v) is 0.789. The van der Waals surface area contributed by atoms with Gasteiger partial charge in [0.15, 0.2) is 0 Å². The Morgan fingerprint density at radius 1 is 1.56 bits per heavy atom. The van der Waals surface area contributed by atoms with Crippen molar-refractivity contribution in [1.29, 1.82) is 0 Å². The van der Waals surface area contributed by atoms with Gasteiger partial charge < -0.3 is 0 Å². The Bertz CT molecular complexity index is 150. The minimum absolute atomic E-state index is 1.04. The van der Waals surface area contributed by atoms with E-state index in [-0.39, 0.29) is 0 Å². The highest BCUT2D eigenvalue weighted by Crippen LogP contribution is 1.83. The average molecular weight is 142 g/mol. The van der Waals surface area contributed by atoms with E-state index in [0.717, 1.165) is 5.57 Å². The summed E-state index contributed by atoms with van der Waals surface area (Å²) in [5.41, 5.74) is 2.70. The number of nitrogens with zero attached hydrogens (tertiary/aromatic N) is 2. The lowest BCUT2D eigenvalue weighted by molar-refractivity contribution is 1.27. The molecule has 0 aliphatic heterocycles. The molecule has 0 aromatic carbocycles. The number of thioether (sulfide) groups is 1. The monoisotopic (exact) mass is 142 g/mol. The van der Waals surface area contributed by atoms with Gasteiger partial charge >= 0.3 is 0 Å². The summed E-state index contributed by atoms with van der Waals surface area (Å²) in [4.78, 5) is 0. The largest absolute Gasteiger partial charge is 0.143 e. The molecule has 0 rings (SSSR count). The number of rotatable bonds is 2. The minimum atomic E-state index is 1.04. The molecule has 0 aromatic heterocycles. The number of allylic oxidation sites excluding steroid dienone is 1. The summed E-state index contributed by atoms with van der Waals surface area (Å²) >= 11 is 1.52. The standard InChI is InChI=1S/C6H10N2S/c1-6(2)4-7-8-5-9-3/h5H,1-3H3/b8-5-. The third kappa shape index (κ3) is 7.47. The van der Waals surface area contributed by atoms with Gasteiger partial charge in [-0.15, -0.1) is 22.0 Å². The Labute approximate surface area is 59.8 Å². The molecule has 0 bridgehead atoms. The summed E-state index contributed by atoms with van der Waals surface area (Å²) in [6.07, 6.45) is 1.93. The molecule has 0 aliphatic rings. The van der Waals surface area contributed by atoms with Crippen LogP contribution in [0.4, 0.5) is 0 Å². The highest BCUT2D eigenvalue weighted by molar-refractivity contribution is 8.11. The molecular weight excluding hydrogens is 132 g/mol. The van der Waals surface area contributed by atoms with Crippen molar-refractivity contribution in [2.45, 2.75) is 13.8 Å². The zero-order valence-corrected chi connectivity index (χ0v) is 6.70. The molecule has 0 radical (unpaired) electrons. The fraction of sp³-hybridized carbons (Fsp3) is 0.500. The van der Waals surface area contributed by atoms with Crippen molar-refractivity contribution in [3.05, 3.63) is 5.57 Å². The molecule has 0 N–H and O–H groups in total. The van der Waals surface area contributed by atoms with E-state index in [1.54, 1.807) is 5.55 Å². The molecule has 0 heterocycles. The molecule has 0 saturated carbocycles. The molecule has 0 aromatic rings. The van der Waals surface area contributed by atoms with Gasteiger partial charge in [-0.05, 0) is 25.7 Å². The normalized spacial score (nSPS) is 9.22. The van der Waals surface area contributed by atoms with Crippen LogP contribution in [0, 0.1) is 0 Å². The van der Waals surface area contributed by atoms with Crippen LogP contribution in [-0.4, -0.2) is 17.7 Å². The van der Waals surface area contributed by atoms with Gasteiger partial charge in [-0.25, -0.2) is 0 Å². The first-order chi connectivity index (χ1) is 4.27. The van der Waals surface area contributed by atoms with Crippen molar-refractivity contribution >= 4 is 23.2 Å². The molecule has 0 saturated heterocycles. The van der Waals surface area contributed by atoms with E-state index in [0.29, 0.717) is 0 Å². The molecule has 0 fully saturated rings. The van der Waals surface area contributed by atoms with Crippen LogP contribution in [-0.2, 0) is 0 Å². The second-order valence-corrected chi connectivity index (χ2v) is 2.35. The SMILES string of the molecule is CS/C=N\N=C=C(C)C. The third-order valence-electron chi connectivity index (χ3n) is 0.484. The van der Waals surface area contributed by atoms with Crippen molar-refractivity contribution in [2.75, 3.05) is 6.26 Å². The Morgan fingerprint density at radius 2 is 2.22 bits per heavy atom. The number of hydrogen-bond acceptors (Lipinski definition) is 3. The molecule has 2 nitrogen and oxygen atoms in total. The first-order valence-electron chi connectivity index (χ1n) is 2.58. The van der Waals surface area contributed by atoms with E-state index < -0.39 is 0 Å². The summed E-state index contributed by atoms with van der Waals surface area (Å²) in [5, 5.41) is 7.28. The molecule has 0 unspecified atom stereocenters. The zero-order chi connectivity index (χ0) is 7.11. The summed E-state index contributed by atoms with van der Waals surface area (Å²) in [6.45, 7) is 3.86. The van der Waals surface area contributed by atoms with Gasteiger partial charge in [0.2, 0.25) is 0 Å². The van der Waals surface area contributed by atoms with Gasteiger partial charge in [0.25, 0.3) is 0 Å². The average Bonchev–Trinajstić information content (AvgIpc) is 1.80. The van der Waals surface area contributed by atoms with Crippen LogP contribution in [0.25, 0.3) is 0 Å². The van der Waals surface area contributed by atoms with Crippen molar-refractivity contribution in [3.8, 4) is 0 Å². The van der Waals surface area contributed by atoms with Gasteiger partial charge in [-0.2, -0.15) is 0 Å². The molecule has 0 amide bonds. The molecule has 0 aliphatic carbocycles. The van der Waals surface area contributed by atoms with Gasteiger partial charge in [-0.1, -0.05) is 0 Å². The highest BCUT2D eigenvalue weighted by Gasteiger charge is 1.66.